The lowest BCUT2D eigenvalue weighted by atomic mass is 10.0. The number of hydrogen-bond acceptors (Lipinski definition) is 3. The lowest BCUT2D eigenvalue weighted by molar-refractivity contribution is 0.359. The van der Waals surface area contributed by atoms with Crippen LogP contribution in [0.25, 0.3) is 0 Å². The van der Waals surface area contributed by atoms with E-state index in [0.717, 1.165) is 30.2 Å². The minimum absolute atomic E-state index is 0.0232. The average Bonchev–Trinajstić information content (AvgIpc) is 2.99. The molecular weight excluding hydrogens is 226 g/mol. The molecule has 0 aliphatic carbocycles. The van der Waals surface area contributed by atoms with Crippen molar-refractivity contribution < 1.29 is 4.42 Å². The van der Waals surface area contributed by atoms with Crippen molar-refractivity contribution in [2.24, 2.45) is 5.73 Å². The largest absolute Gasteiger partial charge is 0.464 e. The first-order valence-corrected chi connectivity index (χ1v) is 6.51. The zero-order valence-corrected chi connectivity index (χ0v) is 11.3. The van der Waals surface area contributed by atoms with Gasteiger partial charge in [-0.15, -0.1) is 0 Å². The van der Waals surface area contributed by atoms with Gasteiger partial charge in [-0.2, -0.15) is 0 Å². The molecule has 4 nitrogen and oxygen atoms in total. The Morgan fingerprint density at radius 1 is 1.39 bits per heavy atom. The highest BCUT2D eigenvalue weighted by molar-refractivity contribution is 5.15. The summed E-state index contributed by atoms with van der Waals surface area (Å²) in [5.41, 5.74) is 6.26. The van der Waals surface area contributed by atoms with Crippen LogP contribution in [0.3, 0.4) is 0 Å². The minimum Gasteiger partial charge on any atom is -0.464 e. The predicted octanol–water partition coefficient (Wildman–Crippen LogP) is 2.67. The van der Waals surface area contributed by atoms with E-state index in [4.69, 9.17) is 10.2 Å². The molecule has 0 aromatic carbocycles. The van der Waals surface area contributed by atoms with Gasteiger partial charge in [0.15, 0.2) is 0 Å². The van der Waals surface area contributed by atoms with Crippen LogP contribution in [0.1, 0.15) is 43.7 Å². The molecule has 0 saturated heterocycles. The molecule has 0 bridgehead atoms. The average molecular weight is 247 g/mol. The van der Waals surface area contributed by atoms with E-state index in [2.05, 4.69) is 23.4 Å². The van der Waals surface area contributed by atoms with E-state index in [0.29, 0.717) is 0 Å². The van der Waals surface area contributed by atoms with Crippen LogP contribution < -0.4 is 5.73 Å². The molecule has 2 heterocycles. The van der Waals surface area contributed by atoms with Crippen molar-refractivity contribution >= 4 is 0 Å². The Labute approximate surface area is 108 Å². The summed E-state index contributed by atoms with van der Waals surface area (Å²) in [5.74, 6) is 2.86. The second-order valence-corrected chi connectivity index (χ2v) is 4.57. The maximum absolute atomic E-state index is 6.26. The van der Waals surface area contributed by atoms with Crippen molar-refractivity contribution in [1.29, 1.82) is 0 Å². The molecule has 2 unspecified atom stereocenters. The molecule has 0 fully saturated rings. The van der Waals surface area contributed by atoms with Gasteiger partial charge in [0.1, 0.15) is 23.4 Å². The van der Waals surface area contributed by atoms with Crippen LogP contribution in [0.15, 0.2) is 28.9 Å². The van der Waals surface area contributed by atoms with Crippen molar-refractivity contribution in [3.63, 3.8) is 0 Å². The predicted molar refractivity (Wildman–Crippen MR) is 71.5 cm³/mol. The molecule has 0 aliphatic rings. The fourth-order valence-electron chi connectivity index (χ4n) is 2.26. The Morgan fingerprint density at radius 2 is 2.17 bits per heavy atom. The van der Waals surface area contributed by atoms with Gasteiger partial charge in [0.05, 0.1) is 0 Å². The highest BCUT2D eigenvalue weighted by Crippen LogP contribution is 2.26. The number of nitrogens with two attached hydrogens (primary N) is 1. The molecule has 0 spiro atoms. The monoisotopic (exact) mass is 247 g/mol. The van der Waals surface area contributed by atoms with Gasteiger partial charge in [-0.05, 0) is 25.5 Å². The van der Waals surface area contributed by atoms with Crippen LogP contribution in [-0.4, -0.2) is 15.6 Å². The van der Waals surface area contributed by atoms with E-state index in [1.165, 1.54) is 0 Å². The maximum atomic E-state index is 6.26. The third-order valence-corrected chi connectivity index (χ3v) is 3.29. The summed E-state index contributed by atoms with van der Waals surface area (Å²) in [6.07, 6.45) is 5.59. The second-order valence-electron chi connectivity index (χ2n) is 4.57. The Morgan fingerprint density at radius 3 is 2.72 bits per heavy atom. The Kier molecular flexibility index (Phi) is 3.87. The van der Waals surface area contributed by atoms with Crippen LogP contribution in [0.4, 0.5) is 0 Å². The van der Waals surface area contributed by atoms with E-state index in [-0.39, 0.29) is 12.1 Å². The van der Waals surface area contributed by atoms with Crippen molar-refractivity contribution in [3.8, 4) is 0 Å². The van der Waals surface area contributed by atoms with Gasteiger partial charge < -0.3 is 14.7 Å². The molecule has 4 heteroatoms. The summed E-state index contributed by atoms with van der Waals surface area (Å²) in [4.78, 5) is 4.37. The molecule has 2 N–H and O–H groups in total. The number of rotatable bonds is 5. The summed E-state index contributed by atoms with van der Waals surface area (Å²) in [7, 11) is 0. The quantitative estimate of drug-likeness (QED) is 0.883. The van der Waals surface area contributed by atoms with Gasteiger partial charge in [-0.25, -0.2) is 4.98 Å². The van der Waals surface area contributed by atoms with Gasteiger partial charge in [0.2, 0.25) is 0 Å². The number of aryl methyl sites for hydroxylation is 2. The van der Waals surface area contributed by atoms with E-state index in [1.807, 2.05) is 31.5 Å². The van der Waals surface area contributed by atoms with Crippen molar-refractivity contribution in [2.75, 3.05) is 0 Å². The number of imidazole rings is 1. The fourth-order valence-corrected chi connectivity index (χ4v) is 2.26. The first kappa shape index (κ1) is 12.9. The van der Waals surface area contributed by atoms with Gasteiger partial charge in [0.25, 0.3) is 0 Å². The molecule has 0 radical (unpaired) electrons. The van der Waals surface area contributed by atoms with E-state index >= 15 is 0 Å². The van der Waals surface area contributed by atoms with Crippen LogP contribution in [0.5, 0.6) is 0 Å². The van der Waals surface area contributed by atoms with Crippen LogP contribution in [-0.2, 0) is 6.42 Å². The highest BCUT2D eigenvalue weighted by atomic mass is 16.3. The summed E-state index contributed by atoms with van der Waals surface area (Å²) in [6, 6.07) is 4.04. The van der Waals surface area contributed by atoms with Gasteiger partial charge >= 0.3 is 0 Å². The highest BCUT2D eigenvalue weighted by Gasteiger charge is 2.24. The zero-order valence-electron chi connectivity index (χ0n) is 11.3. The minimum atomic E-state index is 0.0232. The van der Waals surface area contributed by atoms with Crippen molar-refractivity contribution in [3.05, 3.63) is 41.9 Å². The van der Waals surface area contributed by atoms with Crippen molar-refractivity contribution in [2.45, 2.75) is 45.7 Å². The summed E-state index contributed by atoms with van der Waals surface area (Å²) < 4.78 is 7.89. The lowest BCUT2D eigenvalue weighted by Crippen LogP contribution is -2.32. The number of furan rings is 1. The number of aromatic nitrogens is 2. The third kappa shape index (κ3) is 2.34. The zero-order chi connectivity index (χ0) is 13.1. The third-order valence-electron chi connectivity index (χ3n) is 3.29. The normalized spacial score (nSPS) is 14.7. The summed E-state index contributed by atoms with van der Waals surface area (Å²) in [6.45, 7) is 6.14. The van der Waals surface area contributed by atoms with Crippen LogP contribution >= 0.6 is 0 Å². The summed E-state index contributed by atoms with van der Waals surface area (Å²) in [5, 5.41) is 0. The molecule has 0 aliphatic heterocycles. The molecule has 2 aromatic rings. The van der Waals surface area contributed by atoms with E-state index in [1.54, 1.807) is 0 Å². The maximum Gasteiger partial charge on any atom is 0.128 e. The Balaban J connectivity index is 2.43. The van der Waals surface area contributed by atoms with E-state index in [9.17, 15) is 0 Å². The van der Waals surface area contributed by atoms with Gasteiger partial charge in [0, 0.05) is 24.9 Å². The molecule has 2 aromatic heterocycles. The van der Waals surface area contributed by atoms with E-state index < -0.39 is 0 Å². The van der Waals surface area contributed by atoms with Gasteiger partial charge in [-0.1, -0.05) is 13.8 Å². The topological polar surface area (TPSA) is 57.0 Å². The molecule has 98 valence electrons. The first-order chi connectivity index (χ1) is 8.67. The molecule has 18 heavy (non-hydrogen) atoms. The smallest absolute Gasteiger partial charge is 0.128 e. The second kappa shape index (κ2) is 5.40. The SMILES string of the molecule is CCc1nccn1C(c1ccc(C)o1)C(N)CC. The number of hydrogen-bond donors (Lipinski definition) is 1. The Hall–Kier alpha value is -1.55. The molecule has 0 saturated carbocycles. The van der Waals surface area contributed by atoms with Gasteiger partial charge in [-0.3, -0.25) is 0 Å². The molecule has 2 rings (SSSR count). The van der Waals surface area contributed by atoms with Crippen molar-refractivity contribution in [1.82, 2.24) is 9.55 Å². The van der Waals surface area contributed by atoms with Crippen LogP contribution in [0, 0.1) is 6.92 Å². The molecule has 2 atom stereocenters. The first-order valence-electron chi connectivity index (χ1n) is 6.51. The Bertz CT molecular complexity index is 501. The fraction of sp³-hybridized carbons (Fsp3) is 0.500. The standard InChI is InChI=1S/C14H21N3O/c1-4-11(15)14(12-7-6-10(3)18-12)17-9-8-16-13(17)5-2/h6-9,11,14H,4-5,15H2,1-3H3. The number of nitrogens with zero attached hydrogens (tertiary/aromatic N) is 2. The lowest BCUT2D eigenvalue weighted by Gasteiger charge is -2.24. The molecular formula is C14H21N3O. The summed E-state index contributed by atoms with van der Waals surface area (Å²) >= 11 is 0. The van der Waals surface area contributed by atoms with Crippen LogP contribution in [0.2, 0.25) is 0 Å². The molecule has 0 amide bonds.